The topological polar surface area (TPSA) is 237 Å². The Morgan fingerprint density at radius 1 is 0.277 bits per heavy atom. The van der Waals surface area contributed by atoms with E-state index in [4.69, 9.17) is 37.0 Å². The van der Waals surface area contributed by atoms with Crippen LogP contribution in [0, 0.1) is 0 Å². The van der Waals surface area contributed by atoms with Gasteiger partial charge >= 0.3 is 39.5 Å². The lowest BCUT2D eigenvalue weighted by molar-refractivity contribution is -0.161. The lowest BCUT2D eigenvalue weighted by Gasteiger charge is -2.21. The molecule has 17 nitrogen and oxygen atoms in total. The van der Waals surface area contributed by atoms with Gasteiger partial charge in [0.1, 0.15) is 19.3 Å². The van der Waals surface area contributed by atoms with Crippen molar-refractivity contribution in [2.45, 2.75) is 438 Å². The summed E-state index contributed by atoms with van der Waals surface area (Å²) in [6.07, 6.45) is 71.5. The van der Waals surface area contributed by atoms with E-state index in [1.54, 1.807) is 0 Å². The lowest BCUT2D eigenvalue weighted by atomic mass is 10.0. The first-order valence-electron chi connectivity index (χ1n) is 42.1. The molecule has 0 heterocycles. The van der Waals surface area contributed by atoms with Gasteiger partial charge in [-0.1, -0.05) is 367 Å². The van der Waals surface area contributed by atoms with E-state index < -0.39 is 97.5 Å². The van der Waals surface area contributed by atoms with Crippen LogP contribution in [0.3, 0.4) is 0 Å². The number of carbonyl (C=O) groups excluding carboxylic acids is 4. The van der Waals surface area contributed by atoms with Gasteiger partial charge in [-0.25, -0.2) is 9.13 Å². The SMILES string of the molecule is CCCCCC/C=C\C=C/CCCCCCCC(=O)O[C@H](COC(=O)CCCCCCCCCCCCC)COP(=O)(O)OC[C@H](O)COP(=O)(O)OC[C@@H](COC(=O)CCCCCCCCCCCCCCCCCCC)OC(=O)CCCCCCCCCCCCCCCCCCCC. The van der Waals surface area contributed by atoms with Crippen molar-refractivity contribution in [3.63, 3.8) is 0 Å². The highest BCUT2D eigenvalue weighted by atomic mass is 31.2. The summed E-state index contributed by atoms with van der Waals surface area (Å²) in [7, 11) is -9.93. The van der Waals surface area contributed by atoms with Crippen molar-refractivity contribution in [2.24, 2.45) is 0 Å². The molecule has 19 heteroatoms. The third-order valence-corrected chi connectivity index (χ3v) is 20.6. The fourth-order valence-corrected chi connectivity index (χ4v) is 13.9. The third-order valence-electron chi connectivity index (χ3n) is 18.7. The zero-order chi connectivity index (χ0) is 73.9. The van der Waals surface area contributed by atoms with Crippen LogP contribution in [0.2, 0.25) is 0 Å². The summed E-state index contributed by atoms with van der Waals surface area (Å²) in [6.45, 7) is 4.97. The van der Waals surface area contributed by atoms with Gasteiger partial charge in [0.15, 0.2) is 12.2 Å². The van der Waals surface area contributed by atoms with Crippen molar-refractivity contribution in [1.29, 1.82) is 0 Å². The van der Waals surface area contributed by atoms with Crippen LogP contribution in [-0.2, 0) is 65.4 Å². The number of phosphoric acid groups is 2. The predicted octanol–water partition coefficient (Wildman–Crippen LogP) is 24.5. The van der Waals surface area contributed by atoms with Crippen LogP contribution in [0.1, 0.15) is 419 Å². The molecule has 0 aromatic heterocycles. The molecule has 0 spiro atoms. The largest absolute Gasteiger partial charge is 0.472 e. The molecule has 596 valence electrons. The second-order valence-corrected chi connectivity index (χ2v) is 31.7. The Bertz CT molecular complexity index is 2010. The van der Waals surface area contributed by atoms with Gasteiger partial charge in [-0.3, -0.25) is 37.3 Å². The minimum atomic E-state index is -4.97. The molecular formula is C82H156O17P2. The second-order valence-electron chi connectivity index (χ2n) is 28.8. The van der Waals surface area contributed by atoms with Gasteiger partial charge in [0, 0.05) is 25.7 Å². The molecule has 0 bridgehead atoms. The second kappa shape index (κ2) is 75.8. The van der Waals surface area contributed by atoms with Gasteiger partial charge in [-0.15, -0.1) is 0 Å². The zero-order valence-corrected chi connectivity index (χ0v) is 67.2. The Balaban J connectivity index is 5.28. The Labute approximate surface area is 618 Å². The van der Waals surface area contributed by atoms with Gasteiger partial charge in [0.2, 0.25) is 0 Å². The standard InChI is InChI=1S/C82H156O17P2/c1-5-9-13-17-21-25-29-32-35-37-39-42-45-49-53-57-61-65-69-82(87)99-78(73-93-80(85)67-63-59-55-51-47-43-41-38-36-33-30-26-22-18-14-10-6-2)75-97-101(90,91)95-71-76(83)70-94-100(88,89)96-74-77(72-92-79(84)66-62-58-54-50-46-28-24-20-16-12-8-4)98-81(86)68-64-60-56-52-48-44-40-34-31-27-23-19-15-11-7-3/h27,31,34,40,76-78,83H,5-26,28-30,32-33,35-39,41-75H2,1-4H3,(H,88,89)(H,90,91)/b31-27-,40-34-/t76-,77+,78+/m0/s1. The van der Waals surface area contributed by atoms with Crippen LogP contribution in [-0.4, -0.2) is 96.7 Å². The molecule has 0 rings (SSSR count). The fraction of sp³-hybridized carbons (Fsp3) is 0.902. The smallest absolute Gasteiger partial charge is 0.462 e. The Morgan fingerprint density at radius 2 is 0.475 bits per heavy atom. The minimum Gasteiger partial charge on any atom is -0.462 e. The average molecular weight is 1480 g/mol. The van der Waals surface area contributed by atoms with Crippen molar-refractivity contribution in [3.05, 3.63) is 24.3 Å². The van der Waals surface area contributed by atoms with Gasteiger partial charge in [-0.05, 0) is 51.4 Å². The first-order chi connectivity index (χ1) is 49.2. The molecule has 0 aromatic rings. The molecule has 0 aliphatic heterocycles. The van der Waals surface area contributed by atoms with Crippen LogP contribution >= 0.6 is 15.6 Å². The monoisotopic (exact) mass is 1480 g/mol. The van der Waals surface area contributed by atoms with E-state index in [-0.39, 0.29) is 25.7 Å². The number of esters is 4. The minimum absolute atomic E-state index is 0.0859. The summed E-state index contributed by atoms with van der Waals surface area (Å²) in [5, 5.41) is 10.6. The number of hydrogen-bond acceptors (Lipinski definition) is 15. The van der Waals surface area contributed by atoms with Crippen molar-refractivity contribution in [1.82, 2.24) is 0 Å². The molecule has 0 fully saturated rings. The molecule has 3 N–H and O–H groups in total. The number of aliphatic hydroxyl groups is 1. The summed E-state index contributed by atoms with van der Waals surface area (Å²) in [5.41, 5.74) is 0. The summed E-state index contributed by atoms with van der Waals surface area (Å²) in [6, 6.07) is 0. The number of unbranched alkanes of at least 4 members (excludes halogenated alkanes) is 52. The van der Waals surface area contributed by atoms with Crippen molar-refractivity contribution in [2.75, 3.05) is 39.6 Å². The maximum absolute atomic E-state index is 13.1. The number of aliphatic hydroxyl groups excluding tert-OH is 1. The molecule has 5 atom stereocenters. The van der Waals surface area contributed by atoms with Crippen molar-refractivity contribution >= 4 is 39.5 Å². The summed E-state index contributed by atoms with van der Waals surface area (Å²) >= 11 is 0. The maximum Gasteiger partial charge on any atom is 0.472 e. The predicted molar refractivity (Wildman–Crippen MR) is 414 cm³/mol. The molecule has 0 amide bonds. The van der Waals surface area contributed by atoms with Gasteiger partial charge in [-0.2, -0.15) is 0 Å². The number of allylic oxidation sites excluding steroid dienone is 4. The van der Waals surface area contributed by atoms with Crippen LogP contribution in [0.5, 0.6) is 0 Å². The van der Waals surface area contributed by atoms with Gasteiger partial charge < -0.3 is 33.8 Å². The molecule has 0 saturated heterocycles. The molecular weight excluding hydrogens is 1320 g/mol. The van der Waals surface area contributed by atoms with Crippen molar-refractivity contribution in [3.8, 4) is 0 Å². The Kier molecular flexibility index (Phi) is 73.9. The maximum atomic E-state index is 13.1. The van der Waals surface area contributed by atoms with Crippen LogP contribution in [0.15, 0.2) is 24.3 Å². The molecule has 0 saturated carbocycles. The van der Waals surface area contributed by atoms with Crippen molar-refractivity contribution < 1.29 is 80.2 Å². The lowest BCUT2D eigenvalue weighted by Crippen LogP contribution is -2.30. The highest BCUT2D eigenvalue weighted by Gasteiger charge is 2.30. The number of hydrogen-bond donors (Lipinski definition) is 3. The van der Waals surface area contributed by atoms with Gasteiger partial charge in [0.05, 0.1) is 26.4 Å². The van der Waals surface area contributed by atoms with Gasteiger partial charge in [0.25, 0.3) is 0 Å². The Morgan fingerprint density at radius 3 is 0.723 bits per heavy atom. The van der Waals surface area contributed by atoms with E-state index in [1.807, 2.05) is 0 Å². The summed E-state index contributed by atoms with van der Waals surface area (Å²) < 4.78 is 68.7. The third kappa shape index (κ3) is 75.6. The van der Waals surface area contributed by atoms with Crippen LogP contribution in [0.4, 0.5) is 0 Å². The highest BCUT2D eigenvalue weighted by molar-refractivity contribution is 7.47. The average Bonchev–Trinajstić information content (AvgIpc) is 1.12. The summed E-state index contributed by atoms with van der Waals surface area (Å²) in [5.74, 6) is -2.13. The van der Waals surface area contributed by atoms with E-state index in [2.05, 4.69) is 52.0 Å². The summed E-state index contributed by atoms with van der Waals surface area (Å²) in [4.78, 5) is 73.0. The molecule has 101 heavy (non-hydrogen) atoms. The number of ether oxygens (including phenoxy) is 4. The van der Waals surface area contributed by atoms with E-state index >= 15 is 0 Å². The molecule has 0 aliphatic rings. The first-order valence-corrected chi connectivity index (χ1v) is 45.1. The molecule has 2 unspecified atom stereocenters. The van der Waals surface area contributed by atoms with E-state index in [9.17, 15) is 43.2 Å². The van der Waals surface area contributed by atoms with E-state index in [0.717, 1.165) is 103 Å². The molecule has 0 radical (unpaired) electrons. The number of carbonyl (C=O) groups is 4. The number of phosphoric ester groups is 2. The zero-order valence-electron chi connectivity index (χ0n) is 65.4. The van der Waals surface area contributed by atoms with E-state index in [1.165, 1.54) is 238 Å². The number of rotatable bonds is 81. The molecule has 0 aliphatic carbocycles. The fourth-order valence-electron chi connectivity index (χ4n) is 12.3. The quantitative estimate of drug-likeness (QED) is 0.0169. The van der Waals surface area contributed by atoms with Crippen LogP contribution in [0.25, 0.3) is 0 Å². The Hall–Kier alpha value is -2.46. The molecule has 0 aromatic carbocycles. The highest BCUT2D eigenvalue weighted by Crippen LogP contribution is 2.45. The van der Waals surface area contributed by atoms with Crippen LogP contribution < -0.4 is 0 Å². The normalized spacial score (nSPS) is 13.9. The van der Waals surface area contributed by atoms with E-state index in [0.29, 0.717) is 25.7 Å². The first kappa shape index (κ1) is 98.5.